The molecule has 0 amide bonds. The van der Waals surface area contributed by atoms with E-state index in [0.29, 0.717) is 25.0 Å². The first-order valence-electron chi connectivity index (χ1n) is 12.5. The van der Waals surface area contributed by atoms with E-state index in [1.54, 1.807) is 12.3 Å². The first kappa shape index (κ1) is 26.4. The Morgan fingerprint density at radius 1 is 1.14 bits per heavy atom. The number of nitrogens with zero attached hydrogens (tertiary/aromatic N) is 1. The summed E-state index contributed by atoms with van der Waals surface area (Å²) in [7, 11) is 0. The summed E-state index contributed by atoms with van der Waals surface area (Å²) in [5.74, 6) is -0.300. The lowest BCUT2D eigenvalue weighted by atomic mass is 9.81. The van der Waals surface area contributed by atoms with Gasteiger partial charge >= 0.3 is 0 Å². The Labute approximate surface area is 209 Å². The molecule has 0 bridgehead atoms. The average Bonchev–Trinajstić information content (AvgIpc) is 2.91. The molecule has 3 nitrogen and oxygen atoms in total. The van der Waals surface area contributed by atoms with Crippen molar-refractivity contribution in [2.45, 2.75) is 38.1 Å². The molecule has 1 aliphatic heterocycles. The standard InChI is InChI=1S/C31H37FN2O/c1-3-34(24-26-13-6-4-7-14-26)22-11-10-18-30(32)25(2)19-20-29(27-15-8-5-9-16-27)31(35)28-17-12-21-33-23-28/h3-11,13-16,18,28-29,33H,1-2,12,17,19-24H2/b11-10-,30-18+/t28-,29-/m1/s1. The monoisotopic (exact) mass is 472 g/mol. The Kier molecular flexibility index (Phi) is 10.7. The molecule has 0 saturated carbocycles. The van der Waals surface area contributed by atoms with Gasteiger partial charge in [0.15, 0.2) is 0 Å². The fourth-order valence-corrected chi connectivity index (χ4v) is 4.46. The molecule has 0 aliphatic carbocycles. The number of piperidine rings is 1. The van der Waals surface area contributed by atoms with E-state index >= 15 is 0 Å². The van der Waals surface area contributed by atoms with E-state index in [0.717, 1.165) is 38.0 Å². The van der Waals surface area contributed by atoms with Crippen LogP contribution in [0.5, 0.6) is 0 Å². The van der Waals surface area contributed by atoms with E-state index in [1.807, 2.05) is 54.6 Å². The van der Waals surface area contributed by atoms with Crippen molar-refractivity contribution in [2.75, 3.05) is 19.6 Å². The van der Waals surface area contributed by atoms with Crippen LogP contribution >= 0.6 is 0 Å². The van der Waals surface area contributed by atoms with Gasteiger partial charge < -0.3 is 10.2 Å². The van der Waals surface area contributed by atoms with Crippen molar-refractivity contribution in [3.8, 4) is 0 Å². The van der Waals surface area contributed by atoms with Crippen LogP contribution in [0, 0.1) is 5.92 Å². The van der Waals surface area contributed by atoms with Gasteiger partial charge in [0.2, 0.25) is 0 Å². The van der Waals surface area contributed by atoms with Crippen LogP contribution < -0.4 is 5.32 Å². The number of Topliss-reactive ketones (excluding diaryl/α,β-unsaturated/α-hetero) is 1. The fourth-order valence-electron chi connectivity index (χ4n) is 4.46. The maximum atomic E-state index is 14.7. The number of ketones is 1. The molecule has 2 atom stereocenters. The third-order valence-electron chi connectivity index (χ3n) is 6.52. The highest BCUT2D eigenvalue weighted by molar-refractivity contribution is 5.88. The number of nitrogens with one attached hydrogen (secondary N) is 1. The van der Waals surface area contributed by atoms with Gasteiger partial charge in [-0.25, -0.2) is 4.39 Å². The van der Waals surface area contributed by atoms with E-state index in [1.165, 1.54) is 11.6 Å². The second-order valence-electron chi connectivity index (χ2n) is 9.09. The quantitative estimate of drug-likeness (QED) is 0.328. The highest BCUT2D eigenvalue weighted by Crippen LogP contribution is 2.30. The highest BCUT2D eigenvalue weighted by atomic mass is 19.1. The Balaban J connectivity index is 1.55. The molecular formula is C31H37FN2O. The largest absolute Gasteiger partial charge is 0.370 e. The van der Waals surface area contributed by atoms with Gasteiger partial charge in [0.25, 0.3) is 0 Å². The van der Waals surface area contributed by atoms with Crippen LogP contribution in [0.4, 0.5) is 4.39 Å². The Morgan fingerprint density at radius 3 is 2.51 bits per heavy atom. The summed E-state index contributed by atoms with van der Waals surface area (Å²) >= 11 is 0. The number of hydrogen-bond acceptors (Lipinski definition) is 3. The van der Waals surface area contributed by atoms with Crippen molar-refractivity contribution >= 4 is 5.78 Å². The molecule has 35 heavy (non-hydrogen) atoms. The predicted octanol–water partition coefficient (Wildman–Crippen LogP) is 6.73. The number of rotatable bonds is 13. The van der Waals surface area contributed by atoms with Crippen LogP contribution in [0.15, 0.2) is 110 Å². The van der Waals surface area contributed by atoms with Crippen molar-refractivity contribution in [1.29, 1.82) is 0 Å². The Morgan fingerprint density at radius 2 is 1.86 bits per heavy atom. The summed E-state index contributed by atoms with van der Waals surface area (Å²) in [6, 6.07) is 20.0. The van der Waals surface area contributed by atoms with Crippen LogP contribution in [-0.4, -0.2) is 30.3 Å². The van der Waals surface area contributed by atoms with Crippen molar-refractivity contribution in [1.82, 2.24) is 10.2 Å². The molecule has 2 aromatic carbocycles. The van der Waals surface area contributed by atoms with E-state index in [9.17, 15) is 9.18 Å². The topological polar surface area (TPSA) is 32.3 Å². The number of hydrogen-bond donors (Lipinski definition) is 1. The maximum Gasteiger partial charge on any atom is 0.144 e. The first-order valence-corrected chi connectivity index (χ1v) is 12.5. The maximum absolute atomic E-state index is 14.7. The zero-order valence-electron chi connectivity index (χ0n) is 20.5. The zero-order valence-corrected chi connectivity index (χ0v) is 20.5. The third-order valence-corrected chi connectivity index (χ3v) is 6.52. The van der Waals surface area contributed by atoms with Gasteiger partial charge in [-0.05, 0) is 61.2 Å². The van der Waals surface area contributed by atoms with E-state index in [-0.39, 0.29) is 23.4 Å². The lowest BCUT2D eigenvalue weighted by Crippen LogP contribution is -2.36. The van der Waals surface area contributed by atoms with Gasteiger partial charge in [-0.3, -0.25) is 4.79 Å². The van der Waals surface area contributed by atoms with Crippen molar-refractivity contribution in [3.05, 3.63) is 121 Å². The molecule has 1 fully saturated rings. The average molecular weight is 473 g/mol. The normalized spacial score (nSPS) is 17.2. The summed E-state index contributed by atoms with van der Waals surface area (Å²) in [6.07, 6.45) is 9.80. The predicted molar refractivity (Wildman–Crippen MR) is 144 cm³/mol. The number of halogens is 1. The van der Waals surface area contributed by atoms with Crippen molar-refractivity contribution < 1.29 is 9.18 Å². The van der Waals surface area contributed by atoms with Crippen molar-refractivity contribution in [3.63, 3.8) is 0 Å². The Bertz CT molecular complexity index is 1010. The van der Waals surface area contributed by atoms with E-state index in [2.05, 4.69) is 35.5 Å². The molecule has 0 unspecified atom stereocenters. The minimum Gasteiger partial charge on any atom is -0.370 e. The van der Waals surface area contributed by atoms with Crippen LogP contribution in [0.1, 0.15) is 42.7 Å². The van der Waals surface area contributed by atoms with Gasteiger partial charge in [0.1, 0.15) is 11.6 Å². The van der Waals surface area contributed by atoms with Gasteiger partial charge in [0, 0.05) is 31.5 Å². The van der Waals surface area contributed by atoms with Crippen molar-refractivity contribution in [2.24, 2.45) is 5.92 Å². The summed E-state index contributed by atoms with van der Waals surface area (Å²) in [5, 5.41) is 3.33. The molecule has 0 radical (unpaired) electrons. The molecule has 3 rings (SSSR count). The smallest absolute Gasteiger partial charge is 0.144 e. The molecule has 0 spiro atoms. The second-order valence-corrected chi connectivity index (χ2v) is 9.09. The number of carbonyl (C=O) groups is 1. The molecule has 0 aromatic heterocycles. The number of benzene rings is 2. The lowest BCUT2D eigenvalue weighted by molar-refractivity contribution is -0.125. The summed E-state index contributed by atoms with van der Waals surface area (Å²) in [5.41, 5.74) is 2.63. The summed E-state index contributed by atoms with van der Waals surface area (Å²) in [6.45, 7) is 10.9. The number of carbonyl (C=O) groups excluding carboxylic acids is 1. The molecule has 1 N–H and O–H groups in total. The second kappa shape index (κ2) is 14.2. The van der Waals surface area contributed by atoms with Crippen LogP contribution in [-0.2, 0) is 11.3 Å². The van der Waals surface area contributed by atoms with Crippen LogP contribution in [0.3, 0.4) is 0 Å². The van der Waals surface area contributed by atoms with Crippen LogP contribution in [0.2, 0.25) is 0 Å². The first-order chi connectivity index (χ1) is 17.1. The molecule has 1 aliphatic rings. The Hall–Kier alpha value is -3.24. The zero-order chi connectivity index (χ0) is 24.9. The lowest BCUT2D eigenvalue weighted by Gasteiger charge is -2.26. The fraction of sp³-hybridized carbons (Fsp3) is 0.323. The molecule has 1 saturated heterocycles. The van der Waals surface area contributed by atoms with Gasteiger partial charge in [0.05, 0.1) is 0 Å². The minimum atomic E-state index is -0.340. The highest BCUT2D eigenvalue weighted by Gasteiger charge is 2.29. The SMILES string of the molecule is C=CN(C/C=C\C=C(\F)C(=C)CC[C@@H](C(=O)[C@@H]1CCCNC1)c1ccccc1)Cc1ccccc1. The van der Waals surface area contributed by atoms with Gasteiger partial charge in [-0.15, -0.1) is 0 Å². The van der Waals surface area contributed by atoms with Crippen LogP contribution in [0.25, 0.3) is 0 Å². The molecule has 4 heteroatoms. The molecule has 2 aromatic rings. The van der Waals surface area contributed by atoms with E-state index in [4.69, 9.17) is 0 Å². The van der Waals surface area contributed by atoms with Gasteiger partial charge in [-0.2, -0.15) is 0 Å². The third kappa shape index (κ3) is 8.48. The summed E-state index contributed by atoms with van der Waals surface area (Å²) < 4.78 is 14.7. The molecule has 184 valence electrons. The number of allylic oxidation sites excluding steroid dienone is 4. The molecular weight excluding hydrogens is 435 g/mol. The summed E-state index contributed by atoms with van der Waals surface area (Å²) in [4.78, 5) is 15.4. The van der Waals surface area contributed by atoms with E-state index < -0.39 is 0 Å². The van der Waals surface area contributed by atoms with Gasteiger partial charge in [-0.1, -0.05) is 86.0 Å². The molecule has 1 heterocycles. The minimum absolute atomic E-state index is 0.0224.